The Labute approximate surface area is 104 Å². The van der Waals surface area contributed by atoms with E-state index in [4.69, 9.17) is 4.74 Å². The molecule has 2 heteroatoms. The molecule has 4 saturated carbocycles. The fourth-order valence-electron chi connectivity index (χ4n) is 5.45. The molecule has 0 aromatic heterocycles. The van der Waals surface area contributed by atoms with Gasteiger partial charge in [0.25, 0.3) is 6.47 Å². The van der Waals surface area contributed by atoms with Crippen LogP contribution in [-0.2, 0) is 9.53 Å². The summed E-state index contributed by atoms with van der Waals surface area (Å²) < 4.78 is 5.58. The molecule has 4 aliphatic carbocycles. The molecule has 0 aromatic rings. The number of rotatable bonds is 4. The van der Waals surface area contributed by atoms with Crippen LogP contribution in [0, 0.1) is 23.2 Å². The Morgan fingerprint density at radius 2 is 1.65 bits per heavy atom. The third-order valence-corrected chi connectivity index (χ3v) is 6.14. The average molecular weight is 236 g/mol. The number of ether oxygens (including phenoxy) is 1. The standard InChI is InChI=1S/C15H24O2/c1-3-14(2,17-10-16)15-7-11-4-12(8-15)6-13(5-11)9-15/h10-13H,3-9H2,1-2H3/t11?,12?,13?,14-,15?/m0/s1. The van der Waals surface area contributed by atoms with E-state index < -0.39 is 0 Å². The van der Waals surface area contributed by atoms with E-state index in [2.05, 4.69) is 13.8 Å². The maximum atomic E-state index is 10.9. The molecular formula is C15H24O2. The Bertz CT molecular complexity index is 288. The molecule has 4 bridgehead atoms. The van der Waals surface area contributed by atoms with Crippen molar-refractivity contribution in [2.24, 2.45) is 23.2 Å². The van der Waals surface area contributed by atoms with E-state index in [0.717, 1.165) is 24.2 Å². The van der Waals surface area contributed by atoms with E-state index in [1.807, 2.05) is 0 Å². The van der Waals surface area contributed by atoms with Crippen LogP contribution in [0.25, 0.3) is 0 Å². The molecule has 4 rings (SSSR count). The van der Waals surface area contributed by atoms with Gasteiger partial charge in [0.05, 0.1) is 0 Å². The molecule has 1 atom stereocenters. The third kappa shape index (κ3) is 1.56. The van der Waals surface area contributed by atoms with Gasteiger partial charge >= 0.3 is 0 Å². The normalized spacial score (nSPS) is 46.6. The number of hydrogen-bond acceptors (Lipinski definition) is 2. The highest BCUT2D eigenvalue weighted by Gasteiger charge is 2.59. The van der Waals surface area contributed by atoms with Crippen LogP contribution in [0.4, 0.5) is 0 Å². The zero-order valence-electron chi connectivity index (χ0n) is 11.1. The first-order chi connectivity index (χ1) is 8.11. The van der Waals surface area contributed by atoms with Gasteiger partial charge < -0.3 is 4.74 Å². The SMILES string of the molecule is CC[C@](C)(OC=O)C12CC3CC(CC(C3)C1)C2. The summed E-state index contributed by atoms with van der Waals surface area (Å²) in [5.41, 5.74) is 0.0855. The van der Waals surface area contributed by atoms with Gasteiger partial charge in [-0.15, -0.1) is 0 Å². The van der Waals surface area contributed by atoms with Crippen molar-refractivity contribution in [3.8, 4) is 0 Å². The fourth-order valence-corrected chi connectivity index (χ4v) is 5.45. The molecule has 0 amide bonds. The molecule has 17 heavy (non-hydrogen) atoms. The summed E-state index contributed by atoms with van der Waals surface area (Å²) in [7, 11) is 0. The first kappa shape index (κ1) is 11.6. The predicted octanol–water partition coefficient (Wildman–Crippen LogP) is 3.54. The van der Waals surface area contributed by atoms with Gasteiger partial charge in [0.1, 0.15) is 5.60 Å². The van der Waals surface area contributed by atoms with Crippen LogP contribution >= 0.6 is 0 Å². The molecule has 4 aliphatic rings. The molecule has 96 valence electrons. The van der Waals surface area contributed by atoms with Crippen molar-refractivity contribution in [3.05, 3.63) is 0 Å². The molecule has 4 fully saturated rings. The Kier molecular flexibility index (Phi) is 2.53. The van der Waals surface area contributed by atoms with Crippen LogP contribution < -0.4 is 0 Å². The van der Waals surface area contributed by atoms with Crippen molar-refractivity contribution in [3.63, 3.8) is 0 Å². The zero-order chi connectivity index (χ0) is 12.1. The second kappa shape index (κ2) is 3.73. The molecule has 0 spiro atoms. The van der Waals surface area contributed by atoms with Crippen LogP contribution in [0.3, 0.4) is 0 Å². The monoisotopic (exact) mass is 236 g/mol. The molecule has 0 saturated heterocycles. The smallest absolute Gasteiger partial charge is 0.293 e. The molecule has 2 nitrogen and oxygen atoms in total. The number of hydrogen-bond donors (Lipinski definition) is 0. The minimum Gasteiger partial charge on any atom is -0.461 e. The minimum atomic E-state index is -0.217. The highest BCUT2D eigenvalue weighted by molar-refractivity contribution is 5.39. The molecule has 0 aliphatic heterocycles. The second-order valence-electron chi connectivity index (χ2n) is 7.00. The summed E-state index contributed by atoms with van der Waals surface area (Å²) in [6.07, 6.45) is 9.20. The van der Waals surface area contributed by atoms with Crippen molar-refractivity contribution in [1.29, 1.82) is 0 Å². The summed E-state index contributed by atoms with van der Waals surface area (Å²) >= 11 is 0. The number of carbonyl (C=O) groups is 1. The number of carbonyl (C=O) groups excluding carboxylic acids is 1. The topological polar surface area (TPSA) is 26.3 Å². The lowest BCUT2D eigenvalue weighted by molar-refractivity contribution is -0.194. The molecule has 0 aromatic carbocycles. The van der Waals surface area contributed by atoms with Crippen LogP contribution in [0.2, 0.25) is 0 Å². The summed E-state index contributed by atoms with van der Waals surface area (Å²) in [5.74, 6) is 2.76. The summed E-state index contributed by atoms with van der Waals surface area (Å²) in [4.78, 5) is 10.9. The second-order valence-corrected chi connectivity index (χ2v) is 7.00. The van der Waals surface area contributed by atoms with E-state index in [1.165, 1.54) is 38.5 Å². The van der Waals surface area contributed by atoms with Crippen molar-refractivity contribution in [2.45, 2.75) is 64.4 Å². The van der Waals surface area contributed by atoms with Gasteiger partial charge in [0.15, 0.2) is 0 Å². The molecule has 0 N–H and O–H groups in total. The van der Waals surface area contributed by atoms with E-state index >= 15 is 0 Å². The summed E-state index contributed by atoms with van der Waals surface area (Å²) in [5, 5.41) is 0. The van der Waals surface area contributed by atoms with Gasteiger partial charge in [-0.1, -0.05) is 6.92 Å². The lowest BCUT2D eigenvalue weighted by Crippen LogP contribution is -2.57. The Hall–Kier alpha value is -0.530. The first-order valence-corrected chi connectivity index (χ1v) is 7.22. The van der Waals surface area contributed by atoms with E-state index in [1.54, 1.807) is 0 Å². The van der Waals surface area contributed by atoms with Gasteiger partial charge in [-0.05, 0) is 69.6 Å². The largest absolute Gasteiger partial charge is 0.461 e. The van der Waals surface area contributed by atoms with Gasteiger partial charge in [0.2, 0.25) is 0 Å². The average Bonchev–Trinajstić information content (AvgIpc) is 2.27. The van der Waals surface area contributed by atoms with Crippen molar-refractivity contribution >= 4 is 6.47 Å². The van der Waals surface area contributed by atoms with Crippen LogP contribution in [-0.4, -0.2) is 12.1 Å². The zero-order valence-corrected chi connectivity index (χ0v) is 11.1. The Morgan fingerprint density at radius 1 is 1.18 bits per heavy atom. The first-order valence-electron chi connectivity index (χ1n) is 7.22. The lowest BCUT2D eigenvalue weighted by Gasteiger charge is -2.62. The van der Waals surface area contributed by atoms with Gasteiger partial charge in [0, 0.05) is 5.41 Å². The lowest BCUT2D eigenvalue weighted by atomic mass is 9.45. The Balaban J connectivity index is 1.92. The third-order valence-electron chi connectivity index (χ3n) is 6.14. The van der Waals surface area contributed by atoms with E-state index in [0.29, 0.717) is 11.9 Å². The molecule has 0 unspecified atom stereocenters. The van der Waals surface area contributed by atoms with Crippen LogP contribution in [0.15, 0.2) is 0 Å². The van der Waals surface area contributed by atoms with Gasteiger partial charge in [-0.3, -0.25) is 4.79 Å². The van der Waals surface area contributed by atoms with E-state index in [-0.39, 0.29) is 5.60 Å². The van der Waals surface area contributed by atoms with E-state index in [9.17, 15) is 4.79 Å². The highest BCUT2D eigenvalue weighted by Crippen LogP contribution is 2.64. The highest BCUT2D eigenvalue weighted by atomic mass is 16.5. The summed E-state index contributed by atoms with van der Waals surface area (Å²) in [6.45, 7) is 5.03. The predicted molar refractivity (Wildman–Crippen MR) is 66.5 cm³/mol. The minimum absolute atomic E-state index is 0.217. The Morgan fingerprint density at radius 3 is 2.00 bits per heavy atom. The molecule has 0 radical (unpaired) electrons. The molecule has 0 heterocycles. The van der Waals surface area contributed by atoms with Crippen molar-refractivity contribution in [1.82, 2.24) is 0 Å². The molecular weight excluding hydrogens is 212 g/mol. The van der Waals surface area contributed by atoms with Crippen LogP contribution in [0.5, 0.6) is 0 Å². The van der Waals surface area contributed by atoms with Gasteiger partial charge in [-0.2, -0.15) is 0 Å². The quantitative estimate of drug-likeness (QED) is 0.698. The summed E-state index contributed by atoms with van der Waals surface area (Å²) in [6, 6.07) is 0. The van der Waals surface area contributed by atoms with Crippen molar-refractivity contribution < 1.29 is 9.53 Å². The van der Waals surface area contributed by atoms with Crippen molar-refractivity contribution in [2.75, 3.05) is 0 Å². The fraction of sp³-hybridized carbons (Fsp3) is 0.933. The maximum Gasteiger partial charge on any atom is 0.293 e. The van der Waals surface area contributed by atoms with Gasteiger partial charge in [-0.25, -0.2) is 0 Å². The van der Waals surface area contributed by atoms with Crippen LogP contribution in [0.1, 0.15) is 58.8 Å². The maximum absolute atomic E-state index is 10.9.